The van der Waals surface area contributed by atoms with E-state index in [0.717, 1.165) is 11.1 Å². The summed E-state index contributed by atoms with van der Waals surface area (Å²) in [5, 5.41) is 19.7. The molecule has 0 aromatic heterocycles. The van der Waals surface area contributed by atoms with E-state index in [1.807, 2.05) is 18.2 Å². The van der Waals surface area contributed by atoms with Gasteiger partial charge in [-0.25, -0.2) is 0 Å². The van der Waals surface area contributed by atoms with Gasteiger partial charge < -0.3 is 10.2 Å². The van der Waals surface area contributed by atoms with E-state index in [0.29, 0.717) is 21.2 Å². The van der Waals surface area contributed by atoms with Crippen LogP contribution in [0.5, 0.6) is 0 Å². The average molecular weight is 283 g/mol. The third-order valence-electron chi connectivity index (χ3n) is 2.83. The van der Waals surface area contributed by atoms with Gasteiger partial charge in [-0.1, -0.05) is 47.5 Å². The number of benzene rings is 2. The highest BCUT2D eigenvalue weighted by atomic mass is 35.5. The first kappa shape index (κ1) is 13.4. The molecule has 0 bridgehead atoms. The quantitative estimate of drug-likeness (QED) is 0.902. The molecule has 0 radical (unpaired) electrons. The maximum Gasteiger partial charge on any atom is 0.0691 e. The minimum Gasteiger partial charge on any atom is -0.392 e. The molecule has 2 aromatic rings. The first-order chi connectivity index (χ1) is 8.67. The van der Waals surface area contributed by atoms with Gasteiger partial charge in [0.15, 0.2) is 0 Å². The van der Waals surface area contributed by atoms with Crippen LogP contribution in [0.1, 0.15) is 11.1 Å². The molecule has 2 rings (SSSR count). The van der Waals surface area contributed by atoms with Gasteiger partial charge in [-0.05, 0) is 34.4 Å². The SMILES string of the molecule is OCc1cccc(-c2ccc(Cl)c(Cl)c2)c1CO. The van der Waals surface area contributed by atoms with Crippen molar-refractivity contribution in [1.29, 1.82) is 0 Å². The minimum absolute atomic E-state index is 0.106. The topological polar surface area (TPSA) is 40.5 Å². The molecule has 0 fully saturated rings. The number of hydrogen-bond acceptors (Lipinski definition) is 2. The van der Waals surface area contributed by atoms with Gasteiger partial charge in [-0.2, -0.15) is 0 Å². The second-order valence-corrected chi connectivity index (χ2v) is 4.70. The summed E-state index contributed by atoms with van der Waals surface area (Å²) in [4.78, 5) is 0. The van der Waals surface area contributed by atoms with Crippen LogP contribution in [0.15, 0.2) is 36.4 Å². The van der Waals surface area contributed by atoms with Gasteiger partial charge in [0.2, 0.25) is 0 Å². The highest BCUT2D eigenvalue weighted by molar-refractivity contribution is 6.42. The zero-order valence-electron chi connectivity index (χ0n) is 9.53. The predicted octanol–water partition coefficient (Wildman–Crippen LogP) is 3.65. The molecule has 4 heteroatoms. The van der Waals surface area contributed by atoms with Gasteiger partial charge in [0.1, 0.15) is 0 Å². The summed E-state index contributed by atoms with van der Waals surface area (Å²) in [7, 11) is 0. The molecule has 0 aliphatic carbocycles. The molecule has 2 nitrogen and oxygen atoms in total. The Morgan fingerprint density at radius 2 is 1.67 bits per heavy atom. The van der Waals surface area contributed by atoms with E-state index in [1.54, 1.807) is 18.2 Å². The van der Waals surface area contributed by atoms with E-state index in [2.05, 4.69) is 0 Å². The lowest BCUT2D eigenvalue weighted by Gasteiger charge is -2.12. The Morgan fingerprint density at radius 1 is 0.889 bits per heavy atom. The Kier molecular flexibility index (Phi) is 4.25. The molecule has 0 amide bonds. The molecule has 0 saturated carbocycles. The van der Waals surface area contributed by atoms with Crippen molar-refractivity contribution < 1.29 is 10.2 Å². The van der Waals surface area contributed by atoms with E-state index < -0.39 is 0 Å². The zero-order chi connectivity index (χ0) is 13.1. The van der Waals surface area contributed by atoms with Crippen LogP contribution in [0, 0.1) is 0 Å². The van der Waals surface area contributed by atoms with Crippen LogP contribution in [0.3, 0.4) is 0 Å². The monoisotopic (exact) mass is 282 g/mol. The molecule has 18 heavy (non-hydrogen) atoms. The van der Waals surface area contributed by atoms with Crippen LogP contribution in [0.4, 0.5) is 0 Å². The molecule has 0 aliphatic rings. The molecule has 2 N–H and O–H groups in total. The van der Waals surface area contributed by atoms with Crippen molar-refractivity contribution in [3.63, 3.8) is 0 Å². The van der Waals surface area contributed by atoms with Crippen LogP contribution in [-0.2, 0) is 13.2 Å². The Balaban J connectivity index is 2.59. The Hall–Kier alpha value is -1.06. The number of aliphatic hydroxyl groups is 2. The third kappa shape index (κ3) is 2.52. The van der Waals surface area contributed by atoms with Crippen LogP contribution in [0.25, 0.3) is 11.1 Å². The summed E-state index contributed by atoms with van der Waals surface area (Å²) in [6.07, 6.45) is 0. The minimum atomic E-state index is -0.133. The largest absolute Gasteiger partial charge is 0.392 e. The summed E-state index contributed by atoms with van der Waals surface area (Å²) in [6.45, 7) is -0.239. The lowest BCUT2D eigenvalue weighted by molar-refractivity contribution is 0.260. The predicted molar refractivity (Wildman–Crippen MR) is 73.7 cm³/mol. The summed E-state index contributed by atoms with van der Waals surface area (Å²) in [5.74, 6) is 0. The van der Waals surface area contributed by atoms with Crippen molar-refractivity contribution >= 4 is 23.2 Å². The number of hydrogen-bond donors (Lipinski definition) is 2. The van der Waals surface area contributed by atoms with E-state index in [1.165, 1.54) is 0 Å². The number of aliphatic hydroxyl groups excluding tert-OH is 2. The van der Waals surface area contributed by atoms with Crippen molar-refractivity contribution in [1.82, 2.24) is 0 Å². The molecule has 0 atom stereocenters. The summed E-state index contributed by atoms with van der Waals surface area (Å²) >= 11 is 11.9. The highest BCUT2D eigenvalue weighted by Gasteiger charge is 2.10. The fourth-order valence-electron chi connectivity index (χ4n) is 1.90. The molecular formula is C14H12Cl2O2. The molecule has 0 heterocycles. The Bertz CT molecular complexity index is 568. The number of halogens is 2. The maximum absolute atomic E-state index is 9.45. The summed E-state index contributed by atoms with van der Waals surface area (Å²) < 4.78 is 0. The normalized spacial score (nSPS) is 10.7. The first-order valence-corrected chi connectivity index (χ1v) is 6.21. The van der Waals surface area contributed by atoms with E-state index in [9.17, 15) is 10.2 Å². The lowest BCUT2D eigenvalue weighted by atomic mass is 9.96. The highest BCUT2D eigenvalue weighted by Crippen LogP contribution is 2.31. The van der Waals surface area contributed by atoms with E-state index in [-0.39, 0.29) is 13.2 Å². The van der Waals surface area contributed by atoms with Gasteiger partial charge in [-0.3, -0.25) is 0 Å². The van der Waals surface area contributed by atoms with Crippen LogP contribution in [0.2, 0.25) is 10.0 Å². The summed E-state index contributed by atoms with van der Waals surface area (Å²) in [5.41, 5.74) is 3.13. The molecule has 0 aliphatic heterocycles. The lowest BCUT2D eigenvalue weighted by Crippen LogP contribution is -1.97. The molecule has 94 valence electrons. The maximum atomic E-state index is 9.45. The van der Waals surface area contributed by atoms with Crippen molar-refractivity contribution in [3.05, 3.63) is 57.6 Å². The molecule has 2 aromatic carbocycles. The van der Waals surface area contributed by atoms with Crippen LogP contribution in [-0.4, -0.2) is 10.2 Å². The van der Waals surface area contributed by atoms with E-state index in [4.69, 9.17) is 23.2 Å². The van der Waals surface area contributed by atoms with Crippen molar-refractivity contribution in [3.8, 4) is 11.1 Å². The van der Waals surface area contributed by atoms with Crippen molar-refractivity contribution in [2.45, 2.75) is 13.2 Å². The molecule has 0 unspecified atom stereocenters. The molecular weight excluding hydrogens is 271 g/mol. The van der Waals surface area contributed by atoms with Gasteiger partial charge in [-0.15, -0.1) is 0 Å². The fourth-order valence-corrected chi connectivity index (χ4v) is 2.20. The van der Waals surface area contributed by atoms with E-state index >= 15 is 0 Å². The van der Waals surface area contributed by atoms with Gasteiger partial charge in [0, 0.05) is 0 Å². The Morgan fingerprint density at radius 3 is 2.28 bits per heavy atom. The van der Waals surface area contributed by atoms with Gasteiger partial charge in [0.25, 0.3) is 0 Å². The van der Waals surface area contributed by atoms with Crippen molar-refractivity contribution in [2.75, 3.05) is 0 Å². The fraction of sp³-hybridized carbons (Fsp3) is 0.143. The Labute approximate surface area is 115 Å². The van der Waals surface area contributed by atoms with Gasteiger partial charge in [0.05, 0.1) is 23.3 Å². The number of rotatable bonds is 3. The van der Waals surface area contributed by atoms with Crippen molar-refractivity contribution in [2.24, 2.45) is 0 Å². The zero-order valence-corrected chi connectivity index (χ0v) is 11.0. The third-order valence-corrected chi connectivity index (χ3v) is 3.57. The average Bonchev–Trinajstić information content (AvgIpc) is 2.40. The molecule has 0 spiro atoms. The second-order valence-electron chi connectivity index (χ2n) is 3.89. The first-order valence-electron chi connectivity index (χ1n) is 5.45. The smallest absolute Gasteiger partial charge is 0.0691 e. The van der Waals surface area contributed by atoms with Crippen LogP contribution < -0.4 is 0 Å². The molecule has 0 saturated heterocycles. The standard InChI is InChI=1S/C14H12Cl2O2/c15-13-5-4-9(6-14(13)16)11-3-1-2-10(7-17)12(11)8-18/h1-6,17-18H,7-8H2. The van der Waals surface area contributed by atoms with Gasteiger partial charge >= 0.3 is 0 Å². The second kappa shape index (κ2) is 5.72. The summed E-state index contributed by atoms with van der Waals surface area (Å²) in [6, 6.07) is 10.8. The van der Waals surface area contributed by atoms with Crippen LogP contribution >= 0.6 is 23.2 Å².